The van der Waals surface area contributed by atoms with Gasteiger partial charge in [-0.2, -0.15) is 0 Å². The standard InChI is InChI=1S/C68H52N2Si2/c1-71(2)63-31-13-9-27-59(63)69(60-28-10-14-32-64(60)71)49-40-42-56-57(43-49)67(48-37-35-47(36-38-48)52-25-17-21-45-19-5-7-23-51(45)52)55-41-39-50(44-58(55)68(56)54-26-18-22-46-20-6-8-24-53(46)54)70-61-29-11-15-33-65(61)72(3,4)66-34-16-12-30-62(66)70/h5-44H,1-4H3. The van der Waals surface area contributed by atoms with Crippen LogP contribution in [0.15, 0.2) is 243 Å². The van der Waals surface area contributed by atoms with E-state index in [1.165, 1.54) is 120 Å². The lowest BCUT2D eigenvalue weighted by molar-refractivity contribution is 1.29. The van der Waals surface area contributed by atoms with E-state index in [0.717, 1.165) is 11.4 Å². The van der Waals surface area contributed by atoms with E-state index in [1.54, 1.807) is 0 Å². The van der Waals surface area contributed by atoms with E-state index in [0.29, 0.717) is 0 Å². The van der Waals surface area contributed by atoms with E-state index < -0.39 is 16.1 Å². The van der Waals surface area contributed by atoms with Gasteiger partial charge in [0.25, 0.3) is 0 Å². The zero-order valence-electron chi connectivity index (χ0n) is 41.0. The molecule has 14 rings (SSSR count). The first kappa shape index (κ1) is 42.6. The van der Waals surface area contributed by atoms with Crippen LogP contribution in [0.4, 0.5) is 34.1 Å². The van der Waals surface area contributed by atoms with Crippen LogP contribution >= 0.6 is 0 Å². The highest BCUT2D eigenvalue weighted by atomic mass is 28.3. The lowest BCUT2D eigenvalue weighted by atomic mass is 9.84. The minimum absolute atomic E-state index is 1.16. The molecule has 2 nitrogen and oxygen atoms in total. The van der Waals surface area contributed by atoms with Crippen LogP contribution in [-0.2, 0) is 0 Å². The molecule has 0 aromatic heterocycles. The van der Waals surface area contributed by atoms with Crippen LogP contribution in [0.25, 0.3) is 76.5 Å². The summed E-state index contributed by atoms with van der Waals surface area (Å²) in [6.07, 6.45) is 0. The molecule has 2 aliphatic heterocycles. The summed E-state index contributed by atoms with van der Waals surface area (Å²) in [5.41, 5.74) is 14.8. The minimum atomic E-state index is -2.01. The molecule has 0 N–H and O–H groups in total. The maximum atomic E-state index is 2.54. The van der Waals surface area contributed by atoms with E-state index in [4.69, 9.17) is 0 Å². The molecular formula is C68H52N2Si2. The number of anilines is 6. The van der Waals surface area contributed by atoms with Crippen molar-refractivity contribution in [3.05, 3.63) is 243 Å². The molecule has 0 bridgehead atoms. The molecule has 4 heteroatoms. The minimum Gasteiger partial charge on any atom is -0.311 e. The predicted molar refractivity (Wildman–Crippen MR) is 316 cm³/mol. The Morgan fingerprint density at radius 2 is 0.625 bits per heavy atom. The molecule has 2 heterocycles. The molecule has 0 saturated carbocycles. The summed E-state index contributed by atoms with van der Waals surface area (Å²) >= 11 is 0. The molecule has 0 unspecified atom stereocenters. The van der Waals surface area contributed by atoms with Crippen LogP contribution in [-0.4, -0.2) is 16.1 Å². The summed E-state index contributed by atoms with van der Waals surface area (Å²) in [4.78, 5) is 5.08. The third-order valence-corrected chi connectivity index (χ3v) is 23.3. The number of hydrogen-bond donors (Lipinski definition) is 0. The quantitative estimate of drug-likeness (QED) is 0.125. The van der Waals surface area contributed by atoms with Crippen molar-refractivity contribution in [2.24, 2.45) is 0 Å². The molecule has 342 valence electrons. The molecule has 0 spiro atoms. The zero-order chi connectivity index (χ0) is 48.3. The van der Waals surface area contributed by atoms with E-state index in [2.05, 4.69) is 279 Å². The summed E-state index contributed by atoms with van der Waals surface area (Å²) in [6.45, 7) is 10.0. The highest BCUT2D eigenvalue weighted by molar-refractivity contribution is 7.03. The van der Waals surface area contributed by atoms with Gasteiger partial charge in [-0.05, 0) is 146 Å². The highest BCUT2D eigenvalue weighted by Gasteiger charge is 2.40. The Balaban J connectivity index is 1.09. The van der Waals surface area contributed by atoms with Crippen molar-refractivity contribution in [3.63, 3.8) is 0 Å². The first-order valence-corrected chi connectivity index (χ1v) is 31.3. The summed E-state index contributed by atoms with van der Waals surface area (Å²) in [5, 5.41) is 15.8. The Bertz CT molecular complexity index is 4080. The second kappa shape index (κ2) is 16.1. The van der Waals surface area contributed by atoms with Gasteiger partial charge in [-0.15, -0.1) is 0 Å². The van der Waals surface area contributed by atoms with Crippen molar-refractivity contribution in [2.45, 2.75) is 26.2 Å². The SMILES string of the molecule is C[Si]1(C)c2ccccc2N(c2ccc3c(-c4cccc5ccccc45)c4cc(N5c6ccccc6[Si](C)(C)c6ccccc65)ccc4c(-c4ccc(-c5cccc6ccccc56)cc4)c3c2)c2ccccc21. The van der Waals surface area contributed by atoms with Gasteiger partial charge in [0.05, 0.1) is 0 Å². The molecule has 2 aliphatic rings. The monoisotopic (exact) mass is 952 g/mol. The highest BCUT2D eigenvalue weighted by Crippen LogP contribution is 2.50. The molecule has 12 aromatic rings. The Kier molecular flexibility index (Phi) is 9.54. The summed E-state index contributed by atoms with van der Waals surface area (Å²) in [6, 6.07) is 91.7. The fourth-order valence-corrected chi connectivity index (χ4v) is 18.7. The Labute approximate surface area is 423 Å². The number of rotatable bonds is 5. The van der Waals surface area contributed by atoms with Crippen LogP contribution in [0, 0.1) is 0 Å². The van der Waals surface area contributed by atoms with Gasteiger partial charge in [-0.1, -0.05) is 220 Å². The van der Waals surface area contributed by atoms with Crippen molar-refractivity contribution >= 4 is 114 Å². The maximum absolute atomic E-state index is 2.54. The van der Waals surface area contributed by atoms with Gasteiger partial charge in [0.15, 0.2) is 0 Å². The van der Waals surface area contributed by atoms with Gasteiger partial charge >= 0.3 is 0 Å². The van der Waals surface area contributed by atoms with Crippen molar-refractivity contribution in [3.8, 4) is 33.4 Å². The second-order valence-electron chi connectivity index (χ2n) is 20.8. The van der Waals surface area contributed by atoms with Crippen LogP contribution in [0.2, 0.25) is 26.2 Å². The molecule has 0 saturated heterocycles. The average molecular weight is 953 g/mol. The molecule has 0 amide bonds. The van der Waals surface area contributed by atoms with Crippen LogP contribution < -0.4 is 30.5 Å². The fraction of sp³-hybridized carbons (Fsp3) is 0.0588. The van der Waals surface area contributed by atoms with Crippen molar-refractivity contribution < 1.29 is 0 Å². The van der Waals surface area contributed by atoms with Crippen LogP contribution in [0.1, 0.15) is 0 Å². The number of nitrogens with zero attached hydrogens (tertiary/aromatic N) is 2. The normalized spacial score (nSPS) is 14.3. The third kappa shape index (κ3) is 6.32. The lowest BCUT2D eigenvalue weighted by Crippen LogP contribution is -2.58. The Hall–Kier alpha value is -8.29. The maximum Gasteiger partial charge on any atom is 0.117 e. The number of benzene rings is 12. The van der Waals surface area contributed by atoms with Crippen molar-refractivity contribution in [1.82, 2.24) is 0 Å². The number of fused-ring (bicyclic) bond motifs is 8. The van der Waals surface area contributed by atoms with Gasteiger partial charge in [0.1, 0.15) is 16.1 Å². The van der Waals surface area contributed by atoms with E-state index in [-0.39, 0.29) is 0 Å². The van der Waals surface area contributed by atoms with Gasteiger partial charge in [0, 0.05) is 34.1 Å². The van der Waals surface area contributed by atoms with Gasteiger partial charge in [-0.25, -0.2) is 0 Å². The Morgan fingerprint density at radius 1 is 0.264 bits per heavy atom. The molecule has 0 fully saturated rings. The average Bonchev–Trinajstić information content (AvgIpc) is 3.42. The smallest absolute Gasteiger partial charge is 0.117 e. The molecule has 0 aliphatic carbocycles. The van der Waals surface area contributed by atoms with E-state index >= 15 is 0 Å². The number of para-hydroxylation sites is 4. The fourth-order valence-electron chi connectivity index (χ4n) is 12.7. The van der Waals surface area contributed by atoms with E-state index in [1.807, 2.05) is 0 Å². The van der Waals surface area contributed by atoms with Gasteiger partial charge < -0.3 is 9.80 Å². The van der Waals surface area contributed by atoms with E-state index in [9.17, 15) is 0 Å². The summed E-state index contributed by atoms with van der Waals surface area (Å²) < 4.78 is 0. The van der Waals surface area contributed by atoms with Crippen molar-refractivity contribution in [1.29, 1.82) is 0 Å². The first-order chi connectivity index (χ1) is 35.3. The van der Waals surface area contributed by atoms with Crippen molar-refractivity contribution in [2.75, 3.05) is 9.80 Å². The predicted octanol–water partition coefficient (Wildman–Crippen LogP) is 16.5. The summed E-state index contributed by atoms with van der Waals surface area (Å²) in [7, 11) is -4.01. The van der Waals surface area contributed by atoms with Gasteiger partial charge in [0.2, 0.25) is 0 Å². The topological polar surface area (TPSA) is 6.48 Å². The third-order valence-electron chi connectivity index (χ3n) is 16.2. The molecule has 72 heavy (non-hydrogen) atoms. The largest absolute Gasteiger partial charge is 0.311 e. The number of hydrogen-bond acceptors (Lipinski definition) is 2. The molecule has 12 aromatic carbocycles. The zero-order valence-corrected chi connectivity index (χ0v) is 43.0. The second-order valence-corrected chi connectivity index (χ2v) is 29.5. The van der Waals surface area contributed by atoms with Gasteiger partial charge in [-0.3, -0.25) is 0 Å². The summed E-state index contributed by atoms with van der Waals surface area (Å²) in [5.74, 6) is 0. The Morgan fingerprint density at radius 3 is 1.11 bits per heavy atom. The van der Waals surface area contributed by atoms with Crippen LogP contribution in [0.3, 0.4) is 0 Å². The molecule has 0 atom stereocenters. The molecular weight excluding hydrogens is 901 g/mol. The first-order valence-electron chi connectivity index (χ1n) is 25.3. The van der Waals surface area contributed by atoms with Crippen LogP contribution in [0.5, 0.6) is 0 Å². The lowest BCUT2D eigenvalue weighted by Gasteiger charge is -2.41. The molecule has 0 radical (unpaired) electrons.